The third-order valence-corrected chi connectivity index (χ3v) is 7.14. The van der Waals surface area contributed by atoms with Crippen molar-refractivity contribution in [3.05, 3.63) is 72.3 Å². The summed E-state index contributed by atoms with van der Waals surface area (Å²) in [6.45, 7) is -0.999. The van der Waals surface area contributed by atoms with Gasteiger partial charge in [-0.1, -0.05) is 36.4 Å². The highest BCUT2D eigenvalue weighted by molar-refractivity contribution is 7.99. The predicted octanol–water partition coefficient (Wildman–Crippen LogP) is 8.07. The molecule has 0 saturated carbocycles. The van der Waals surface area contributed by atoms with Gasteiger partial charge in [0.05, 0.1) is 18.3 Å². The number of aliphatic hydroxyl groups excluding tert-OH is 1. The fraction of sp³-hybridized carbons (Fsp3) is 0.308. The van der Waals surface area contributed by atoms with Crippen molar-refractivity contribution in [3.8, 4) is 22.6 Å². The van der Waals surface area contributed by atoms with Crippen LogP contribution in [0.25, 0.3) is 11.1 Å². The van der Waals surface area contributed by atoms with Crippen molar-refractivity contribution in [2.75, 3.05) is 17.2 Å². The molecule has 0 aliphatic carbocycles. The Morgan fingerprint density at radius 3 is 2.12 bits per heavy atom. The van der Waals surface area contributed by atoms with Crippen molar-refractivity contribution in [2.45, 2.75) is 42.1 Å². The number of benzene rings is 3. The van der Waals surface area contributed by atoms with E-state index in [1.54, 1.807) is 0 Å². The lowest BCUT2D eigenvalue weighted by atomic mass is 10.0. The zero-order chi connectivity index (χ0) is 30.2. The molecule has 0 aromatic heterocycles. The lowest BCUT2D eigenvalue weighted by molar-refractivity contribution is -0.274. The molecule has 0 unspecified atom stereocenters. The van der Waals surface area contributed by atoms with Crippen LogP contribution in [0.5, 0.6) is 11.5 Å². The van der Waals surface area contributed by atoms with E-state index in [4.69, 9.17) is 0 Å². The van der Waals surface area contributed by atoms with E-state index in [1.165, 1.54) is 47.4 Å². The number of halogens is 10. The monoisotopic (exact) mass is 615 g/mol. The molecule has 2 atom stereocenters. The first-order valence-electron chi connectivity index (χ1n) is 11.6. The predicted molar refractivity (Wildman–Crippen MR) is 129 cm³/mol. The second kappa shape index (κ2) is 11.5. The Balaban J connectivity index is 1.76. The number of hydrogen-bond acceptors (Lipinski definition) is 5. The summed E-state index contributed by atoms with van der Waals surface area (Å²) in [6.07, 6.45) is -21.8. The Kier molecular flexibility index (Phi) is 8.60. The van der Waals surface area contributed by atoms with Crippen molar-refractivity contribution in [1.82, 2.24) is 0 Å². The van der Waals surface area contributed by atoms with Crippen molar-refractivity contribution in [3.63, 3.8) is 0 Å². The Labute approximate surface area is 230 Å². The largest absolute Gasteiger partial charge is 0.573 e. The van der Waals surface area contributed by atoms with E-state index in [0.29, 0.717) is 10.5 Å². The number of hydrogen-bond donors (Lipinski definition) is 1. The maximum atomic E-state index is 13.5. The van der Waals surface area contributed by atoms with Gasteiger partial charge in [0.2, 0.25) is 0 Å². The molecule has 15 heteroatoms. The summed E-state index contributed by atoms with van der Waals surface area (Å²) >= 11 is 1.12. The zero-order valence-corrected chi connectivity index (χ0v) is 21.2. The van der Waals surface area contributed by atoms with Gasteiger partial charge >= 0.3 is 25.1 Å². The van der Waals surface area contributed by atoms with Crippen LogP contribution in [0.2, 0.25) is 0 Å². The molecule has 41 heavy (non-hydrogen) atoms. The SMILES string of the molecule is O[C@@H](CN1c2cccc(-c3cccc(OC(F)(F)F)c3)c2SC[C@H]1c1cccc(OC(F)(F)C(F)F)c1)C(F)(F)F. The van der Waals surface area contributed by atoms with Crippen molar-refractivity contribution >= 4 is 17.4 Å². The van der Waals surface area contributed by atoms with Crippen molar-refractivity contribution < 1.29 is 58.5 Å². The van der Waals surface area contributed by atoms with E-state index < -0.39 is 55.3 Å². The van der Waals surface area contributed by atoms with Crippen LogP contribution in [0.4, 0.5) is 49.6 Å². The normalized spacial score (nSPS) is 16.9. The minimum Gasteiger partial charge on any atom is -0.428 e. The second-order valence-electron chi connectivity index (χ2n) is 8.80. The first-order valence-corrected chi connectivity index (χ1v) is 12.6. The molecule has 0 bridgehead atoms. The van der Waals surface area contributed by atoms with Crippen LogP contribution in [-0.4, -0.2) is 48.6 Å². The van der Waals surface area contributed by atoms with Crippen LogP contribution in [0, 0.1) is 0 Å². The average molecular weight is 615 g/mol. The molecule has 3 aromatic rings. The van der Waals surface area contributed by atoms with Crippen LogP contribution >= 0.6 is 11.8 Å². The first kappa shape index (κ1) is 30.6. The topological polar surface area (TPSA) is 41.9 Å². The van der Waals surface area contributed by atoms with Gasteiger partial charge in [-0.05, 0) is 47.0 Å². The minimum absolute atomic E-state index is 0.0119. The van der Waals surface area contributed by atoms with E-state index in [1.807, 2.05) is 0 Å². The van der Waals surface area contributed by atoms with E-state index in [-0.39, 0.29) is 22.6 Å². The van der Waals surface area contributed by atoms with Gasteiger partial charge in [-0.3, -0.25) is 0 Å². The highest BCUT2D eigenvalue weighted by atomic mass is 32.2. The molecule has 3 aromatic carbocycles. The number of rotatable bonds is 8. The molecule has 1 heterocycles. The second-order valence-corrected chi connectivity index (χ2v) is 9.83. The summed E-state index contributed by atoms with van der Waals surface area (Å²) in [5.74, 6) is -1.19. The molecule has 1 aliphatic rings. The summed E-state index contributed by atoms with van der Waals surface area (Å²) < 4.78 is 139. The molecule has 0 amide bonds. The number of alkyl halides is 10. The van der Waals surface area contributed by atoms with Crippen LogP contribution in [-0.2, 0) is 0 Å². The molecule has 222 valence electrons. The van der Waals surface area contributed by atoms with Gasteiger partial charge < -0.3 is 19.5 Å². The van der Waals surface area contributed by atoms with Crippen molar-refractivity contribution in [1.29, 1.82) is 0 Å². The van der Waals surface area contributed by atoms with Crippen LogP contribution in [0.3, 0.4) is 0 Å². The maximum absolute atomic E-state index is 13.5. The minimum atomic E-state index is -5.03. The van der Waals surface area contributed by atoms with E-state index in [0.717, 1.165) is 36.0 Å². The van der Waals surface area contributed by atoms with Gasteiger partial charge in [-0.2, -0.15) is 30.7 Å². The molecule has 1 aliphatic heterocycles. The fourth-order valence-corrected chi connectivity index (χ4v) is 5.56. The fourth-order valence-electron chi connectivity index (χ4n) is 4.19. The maximum Gasteiger partial charge on any atom is 0.573 e. The van der Waals surface area contributed by atoms with Gasteiger partial charge in [0.25, 0.3) is 0 Å². The summed E-state index contributed by atoms with van der Waals surface area (Å²) in [7, 11) is 0. The first-order chi connectivity index (χ1) is 19.0. The molecule has 0 spiro atoms. The molecular weight excluding hydrogens is 596 g/mol. The van der Waals surface area contributed by atoms with E-state index in [9.17, 15) is 49.0 Å². The summed E-state index contributed by atoms with van der Waals surface area (Å²) in [6, 6.07) is 12.9. The highest BCUT2D eigenvalue weighted by Gasteiger charge is 2.45. The number of nitrogens with zero attached hydrogens (tertiary/aromatic N) is 1. The molecule has 0 fully saturated rings. The van der Waals surface area contributed by atoms with Crippen LogP contribution in [0.15, 0.2) is 71.6 Å². The highest BCUT2D eigenvalue weighted by Crippen LogP contribution is 2.49. The third kappa shape index (κ3) is 7.31. The smallest absolute Gasteiger partial charge is 0.428 e. The number of fused-ring (bicyclic) bond motifs is 1. The number of anilines is 1. The summed E-state index contributed by atoms with van der Waals surface area (Å²) in [5, 5.41) is 9.92. The zero-order valence-electron chi connectivity index (χ0n) is 20.4. The third-order valence-electron chi connectivity index (χ3n) is 5.94. The molecule has 4 nitrogen and oxygen atoms in total. The quantitative estimate of drug-likeness (QED) is 0.260. The van der Waals surface area contributed by atoms with Crippen LogP contribution in [0.1, 0.15) is 11.6 Å². The number of aliphatic hydroxyl groups is 1. The molecule has 0 saturated heterocycles. The van der Waals surface area contributed by atoms with E-state index >= 15 is 0 Å². The Hall–Kier alpha value is -3.33. The molecule has 4 rings (SSSR count). The van der Waals surface area contributed by atoms with Gasteiger partial charge in [0, 0.05) is 10.6 Å². The Morgan fingerprint density at radius 2 is 1.49 bits per heavy atom. The number of thioether (sulfide) groups is 1. The standard InChI is InChI=1S/C26H19F10NO3S/c27-23(28)25(32,33)39-16-6-2-5-15(11-16)20-13-41-22-18(14-4-1-7-17(10-14)40-26(34,35)36)8-3-9-19(22)37(20)12-21(38)24(29,30)31/h1-11,20-21,23,38H,12-13H2/t20-,21-/m0/s1. The molecule has 0 radical (unpaired) electrons. The Morgan fingerprint density at radius 1 is 0.854 bits per heavy atom. The van der Waals surface area contributed by atoms with Crippen molar-refractivity contribution in [2.24, 2.45) is 0 Å². The van der Waals surface area contributed by atoms with E-state index in [2.05, 4.69) is 9.47 Å². The molecule has 1 N–H and O–H groups in total. The van der Waals surface area contributed by atoms with Gasteiger partial charge in [-0.25, -0.2) is 0 Å². The Bertz CT molecular complexity index is 1370. The molecular formula is C26H19F10NO3S. The van der Waals surface area contributed by atoms with Crippen LogP contribution < -0.4 is 14.4 Å². The lowest BCUT2D eigenvalue weighted by Gasteiger charge is -2.41. The number of β-amino-alcohol motifs (C(OH)–C–C–N with tert-alkyl or cyclic N) is 1. The average Bonchev–Trinajstić information content (AvgIpc) is 2.87. The summed E-state index contributed by atoms with van der Waals surface area (Å²) in [5.41, 5.74) is 0.915. The summed E-state index contributed by atoms with van der Waals surface area (Å²) in [4.78, 5) is 1.55. The van der Waals surface area contributed by atoms with Gasteiger partial charge in [0.1, 0.15) is 11.5 Å². The number of ether oxygens (including phenoxy) is 2. The lowest BCUT2D eigenvalue weighted by Crippen LogP contribution is -2.44. The van der Waals surface area contributed by atoms with Gasteiger partial charge in [-0.15, -0.1) is 24.9 Å². The van der Waals surface area contributed by atoms with Gasteiger partial charge in [0.15, 0.2) is 6.10 Å².